The van der Waals surface area contributed by atoms with Crippen LogP contribution >= 0.6 is 11.3 Å². The third-order valence-corrected chi connectivity index (χ3v) is 4.89. The van der Waals surface area contributed by atoms with Crippen LogP contribution in [0.15, 0.2) is 16.3 Å². The lowest BCUT2D eigenvalue weighted by Crippen LogP contribution is -2.29. The predicted molar refractivity (Wildman–Crippen MR) is 62.5 cm³/mol. The molecule has 0 aliphatic carbocycles. The largest absolute Gasteiger partial charge is 0.479 e. The minimum atomic E-state index is -3.76. The Morgan fingerprint density at radius 3 is 2.72 bits per heavy atom. The molecule has 0 fully saturated rings. The van der Waals surface area contributed by atoms with Crippen LogP contribution in [0.2, 0.25) is 0 Å². The van der Waals surface area contributed by atoms with E-state index in [1.165, 1.54) is 12.1 Å². The molecule has 3 N–H and O–H groups in total. The lowest BCUT2D eigenvalue weighted by Gasteiger charge is -2.06. The minimum absolute atomic E-state index is 0.0242. The summed E-state index contributed by atoms with van der Waals surface area (Å²) in [5.74, 6) is -1.41. The molecule has 9 heteroatoms. The zero-order chi connectivity index (χ0) is 13.8. The molecule has 0 bridgehead atoms. The summed E-state index contributed by atoms with van der Waals surface area (Å²) in [5, 5.41) is 25.9. The Hall–Kier alpha value is -1.47. The molecule has 1 aromatic heterocycles. The number of aliphatic hydroxyl groups excluding tert-OH is 1. The molecule has 0 unspecified atom stereocenters. The molecule has 1 heterocycles. The van der Waals surface area contributed by atoms with Gasteiger partial charge in [0, 0.05) is 6.54 Å². The predicted octanol–water partition coefficient (Wildman–Crippen LogP) is -0.266. The Morgan fingerprint density at radius 1 is 1.56 bits per heavy atom. The van der Waals surface area contributed by atoms with E-state index < -0.39 is 22.1 Å². The normalized spacial score (nSPS) is 12.9. The number of carboxylic acids is 1. The highest BCUT2D eigenvalue weighted by Crippen LogP contribution is 2.20. The first kappa shape index (κ1) is 14.6. The van der Waals surface area contributed by atoms with Gasteiger partial charge in [0.15, 0.2) is 6.10 Å². The average molecular weight is 290 g/mol. The van der Waals surface area contributed by atoms with E-state index in [4.69, 9.17) is 15.5 Å². The van der Waals surface area contributed by atoms with Gasteiger partial charge in [-0.2, -0.15) is 5.26 Å². The smallest absolute Gasteiger partial charge is 0.332 e. The maximum Gasteiger partial charge on any atom is 0.332 e. The van der Waals surface area contributed by atoms with Crippen molar-refractivity contribution < 1.29 is 23.4 Å². The van der Waals surface area contributed by atoms with E-state index >= 15 is 0 Å². The van der Waals surface area contributed by atoms with Crippen LogP contribution in [0.4, 0.5) is 0 Å². The molecule has 1 atom stereocenters. The van der Waals surface area contributed by atoms with Gasteiger partial charge in [0.2, 0.25) is 10.0 Å². The quantitative estimate of drug-likeness (QED) is 0.662. The van der Waals surface area contributed by atoms with Crippen LogP contribution in [0.3, 0.4) is 0 Å². The maximum absolute atomic E-state index is 11.7. The summed E-state index contributed by atoms with van der Waals surface area (Å²) in [6, 6.07) is 4.49. The van der Waals surface area contributed by atoms with E-state index in [1.807, 2.05) is 6.07 Å². The molecule has 0 amide bonds. The van der Waals surface area contributed by atoms with E-state index in [1.54, 1.807) is 0 Å². The first-order chi connectivity index (χ1) is 8.36. The molecule has 0 aromatic carbocycles. The second-order valence-electron chi connectivity index (χ2n) is 3.27. The molecule has 1 rings (SSSR count). The van der Waals surface area contributed by atoms with Crippen LogP contribution < -0.4 is 4.72 Å². The Kier molecular flexibility index (Phi) is 4.80. The zero-order valence-corrected chi connectivity index (χ0v) is 10.7. The van der Waals surface area contributed by atoms with Crippen LogP contribution in [-0.4, -0.2) is 37.2 Å². The highest BCUT2D eigenvalue weighted by molar-refractivity contribution is 7.91. The van der Waals surface area contributed by atoms with Crippen molar-refractivity contribution in [2.24, 2.45) is 0 Å². The Balaban J connectivity index is 2.61. The molecule has 1 aromatic rings. The summed E-state index contributed by atoms with van der Waals surface area (Å²) >= 11 is 0.815. The summed E-state index contributed by atoms with van der Waals surface area (Å²) in [4.78, 5) is 10.6. The number of sulfonamides is 1. The highest BCUT2D eigenvalue weighted by Gasteiger charge is 2.18. The Labute approximate surface area is 107 Å². The number of nitrogens with one attached hydrogen (secondary N) is 1. The van der Waals surface area contributed by atoms with Crippen LogP contribution in [0, 0.1) is 11.3 Å². The molecule has 0 aliphatic heterocycles. The topological polar surface area (TPSA) is 127 Å². The third kappa shape index (κ3) is 3.78. The maximum atomic E-state index is 11.7. The van der Waals surface area contributed by atoms with Crippen LogP contribution in [0.1, 0.15) is 11.3 Å². The number of hydrogen-bond acceptors (Lipinski definition) is 6. The van der Waals surface area contributed by atoms with Gasteiger partial charge in [-0.15, -0.1) is 11.3 Å². The fourth-order valence-corrected chi connectivity index (χ4v) is 3.24. The van der Waals surface area contributed by atoms with E-state index in [2.05, 4.69) is 4.72 Å². The number of nitriles is 1. The summed E-state index contributed by atoms with van der Waals surface area (Å²) in [7, 11) is -3.76. The van der Waals surface area contributed by atoms with Crippen molar-refractivity contribution >= 4 is 27.3 Å². The monoisotopic (exact) mass is 290 g/mol. The SMILES string of the molecule is N#Cc1ccc(S(=O)(=O)NCC[C@H](O)C(=O)O)s1. The number of rotatable bonds is 6. The van der Waals surface area contributed by atoms with Gasteiger partial charge >= 0.3 is 5.97 Å². The summed E-state index contributed by atoms with van der Waals surface area (Å²) in [5.41, 5.74) is 0. The van der Waals surface area contributed by atoms with Gasteiger partial charge in [-0.25, -0.2) is 17.9 Å². The molecule has 0 aliphatic rings. The summed E-state index contributed by atoms with van der Waals surface area (Å²) in [6.45, 7) is -0.199. The number of hydrogen-bond donors (Lipinski definition) is 3. The molecule has 98 valence electrons. The first-order valence-corrected chi connectivity index (χ1v) is 7.07. The van der Waals surface area contributed by atoms with Crippen molar-refractivity contribution in [3.8, 4) is 6.07 Å². The minimum Gasteiger partial charge on any atom is -0.479 e. The molecule has 0 saturated carbocycles. The molecule has 0 spiro atoms. The van der Waals surface area contributed by atoms with E-state index in [0.717, 1.165) is 11.3 Å². The van der Waals surface area contributed by atoms with Crippen LogP contribution in [0.25, 0.3) is 0 Å². The van der Waals surface area contributed by atoms with Crippen molar-refractivity contribution in [1.29, 1.82) is 5.26 Å². The van der Waals surface area contributed by atoms with Crippen LogP contribution in [0.5, 0.6) is 0 Å². The number of aliphatic carboxylic acids is 1. The molecule has 18 heavy (non-hydrogen) atoms. The number of carboxylic acid groups (broad SMARTS) is 1. The number of aliphatic hydroxyl groups is 1. The molecule has 0 saturated heterocycles. The lowest BCUT2D eigenvalue weighted by atomic mass is 10.3. The fourth-order valence-electron chi connectivity index (χ4n) is 1.05. The van der Waals surface area contributed by atoms with Crippen molar-refractivity contribution in [2.75, 3.05) is 6.54 Å². The van der Waals surface area contributed by atoms with Crippen molar-refractivity contribution in [2.45, 2.75) is 16.7 Å². The standard InChI is InChI=1S/C9H10N2O5S2/c10-5-6-1-2-8(17-6)18(15,16)11-4-3-7(12)9(13)14/h1-2,7,11-12H,3-4H2,(H,13,14)/t7-/m0/s1. The number of carbonyl (C=O) groups is 1. The van der Waals surface area contributed by atoms with Gasteiger partial charge in [0.05, 0.1) is 0 Å². The van der Waals surface area contributed by atoms with E-state index in [0.29, 0.717) is 0 Å². The first-order valence-electron chi connectivity index (χ1n) is 4.77. The van der Waals surface area contributed by atoms with Gasteiger partial charge in [-0.3, -0.25) is 0 Å². The van der Waals surface area contributed by atoms with Crippen molar-refractivity contribution in [3.05, 3.63) is 17.0 Å². The number of nitrogens with zero attached hydrogens (tertiary/aromatic N) is 1. The number of thiophene rings is 1. The highest BCUT2D eigenvalue weighted by atomic mass is 32.2. The average Bonchev–Trinajstić information content (AvgIpc) is 2.77. The molecule has 7 nitrogen and oxygen atoms in total. The summed E-state index contributed by atoms with van der Waals surface area (Å²) < 4.78 is 25.5. The third-order valence-electron chi connectivity index (χ3n) is 1.95. The fraction of sp³-hybridized carbons (Fsp3) is 0.333. The lowest BCUT2D eigenvalue weighted by molar-refractivity contribution is -0.146. The molecule has 0 radical (unpaired) electrons. The van der Waals surface area contributed by atoms with Crippen LogP contribution in [-0.2, 0) is 14.8 Å². The van der Waals surface area contributed by atoms with Gasteiger partial charge in [0.1, 0.15) is 15.2 Å². The molecular formula is C9H10N2O5S2. The van der Waals surface area contributed by atoms with Gasteiger partial charge in [-0.05, 0) is 18.6 Å². The Bertz CT molecular complexity index is 572. The zero-order valence-electron chi connectivity index (χ0n) is 9.03. The van der Waals surface area contributed by atoms with Gasteiger partial charge in [-0.1, -0.05) is 0 Å². The van der Waals surface area contributed by atoms with Gasteiger partial charge in [0.25, 0.3) is 0 Å². The van der Waals surface area contributed by atoms with Crippen molar-refractivity contribution in [1.82, 2.24) is 4.72 Å². The Morgan fingerprint density at radius 2 is 2.22 bits per heavy atom. The van der Waals surface area contributed by atoms with E-state index in [9.17, 15) is 13.2 Å². The van der Waals surface area contributed by atoms with Crippen molar-refractivity contribution in [3.63, 3.8) is 0 Å². The second-order valence-corrected chi connectivity index (χ2v) is 6.35. The van der Waals surface area contributed by atoms with Gasteiger partial charge < -0.3 is 10.2 Å². The molecular weight excluding hydrogens is 280 g/mol. The second kappa shape index (κ2) is 5.92. The van der Waals surface area contributed by atoms with E-state index in [-0.39, 0.29) is 22.1 Å². The summed E-state index contributed by atoms with van der Waals surface area (Å²) in [6.07, 6.45) is -1.84.